The molecule has 0 heterocycles. The molecule has 0 spiro atoms. The van der Waals surface area contributed by atoms with Crippen LogP contribution < -0.4 is 15.2 Å². The molecule has 0 bridgehead atoms. The number of hydrogen-bond acceptors (Lipinski definition) is 5. The molecule has 5 nitrogen and oxygen atoms in total. The third kappa shape index (κ3) is 12.8. The van der Waals surface area contributed by atoms with Crippen molar-refractivity contribution in [1.29, 1.82) is 0 Å². The summed E-state index contributed by atoms with van der Waals surface area (Å²) >= 11 is -2.22. The number of aliphatic hydroxyl groups is 1. The molecular formula is C28H51NO4Sn. The Hall–Kier alpha value is -0.761. The molecule has 0 saturated heterocycles. The van der Waals surface area contributed by atoms with Gasteiger partial charge in [-0.1, -0.05) is 13.8 Å². The third-order valence-electron chi connectivity index (χ3n) is 6.54. The van der Waals surface area contributed by atoms with Gasteiger partial charge in [-0.3, -0.25) is 0 Å². The van der Waals surface area contributed by atoms with Gasteiger partial charge in [-0.25, -0.2) is 0 Å². The predicted molar refractivity (Wildman–Crippen MR) is 146 cm³/mol. The van der Waals surface area contributed by atoms with E-state index in [-0.39, 0.29) is 25.4 Å². The summed E-state index contributed by atoms with van der Waals surface area (Å²) in [7, 11) is 0. The maximum atomic E-state index is 10.1. The van der Waals surface area contributed by atoms with Crippen LogP contribution in [0.25, 0.3) is 0 Å². The monoisotopic (exact) mass is 585 g/mol. The normalized spacial score (nSPS) is 14.0. The van der Waals surface area contributed by atoms with Gasteiger partial charge in [-0.05, 0) is 5.92 Å². The standard InChI is InChI=1S/C16H24NO4.3C4H9.Sn/c1-4-9-19-11-21-14-7-5-13(6-8-14)20-10-15(18)16(17)12(2)3;3*1-3-4-2;/h1,4-8,12,15-16,18H,9-11,17H2,2-3H3;3*1,3-4H2,2H3;. The second-order valence-electron chi connectivity index (χ2n) is 9.88. The summed E-state index contributed by atoms with van der Waals surface area (Å²) < 4.78 is 24.2. The minimum absolute atomic E-state index is 0.177. The number of ether oxygens (including phenoxy) is 3. The summed E-state index contributed by atoms with van der Waals surface area (Å²) in [4.78, 5) is 0. The summed E-state index contributed by atoms with van der Waals surface area (Å²) in [6.07, 6.45) is 9.61. The van der Waals surface area contributed by atoms with E-state index in [1.807, 2.05) is 38.1 Å². The van der Waals surface area contributed by atoms with Gasteiger partial charge >= 0.3 is 171 Å². The second-order valence-corrected chi connectivity index (χ2v) is 22.9. The Morgan fingerprint density at radius 2 is 1.38 bits per heavy atom. The number of unbranched alkanes of at least 4 members (excludes halogenated alkanes) is 3. The first kappa shape index (κ1) is 31.3. The van der Waals surface area contributed by atoms with E-state index in [0.29, 0.717) is 12.4 Å². The molecule has 0 aliphatic carbocycles. The quantitative estimate of drug-likeness (QED) is 0.101. The van der Waals surface area contributed by atoms with E-state index in [1.165, 1.54) is 51.8 Å². The van der Waals surface area contributed by atoms with Crippen LogP contribution in [0.1, 0.15) is 73.1 Å². The van der Waals surface area contributed by atoms with E-state index in [2.05, 4.69) is 30.9 Å². The fourth-order valence-electron chi connectivity index (χ4n) is 4.10. The zero-order valence-corrected chi connectivity index (χ0v) is 25.3. The van der Waals surface area contributed by atoms with Gasteiger partial charge in [0.15, 0.2) is 0 Å². The van der Waals surface area contributed by atoms with Gasteiger partial charge in [0.25, 0.3) is 0 Å². The zero-order valence-electron chi connectivity index (χ0n) is 22.4. The van der Waals surface area contributed by atoms with E-state index in [1.54, 1.807) is 0 Å². The van der Waals surface area contributed by atoms with Crippen molar-refractivity contribution in [3.63, 3.8) is 0 Å². The van der Waals surface area contributed by atoms with Crippen LogP contribution in [-0.2, 0) is 4.74 Å². The second kappa shape index (κ2) is 18.5. The van der Waals surface area contributed by atoms with Crippen LogP contribution in [0.15, 0.2) is 34.4 Å². The molecule has 0 fully saturated rings. The van der Waals surface area contributed by atoms with Crippen molar-refractivity contribution in [2.24, 2.45) is 11.7 Å². The fraction of sp³-hybridized carbons (Fsp3) is 0.714. The number of rotatable bonds is 20. The molecule has 6 heteroatoms. The number of benzene rings is 1. The van der Waals surface area contributed by atoms with Gasteiger partial charge in [0, 0.05) is 6.04 Å². The summed E-state index contributed by atoms with van der Waals surface area (Å²) in [6, 6.07) is 7.07. The van der Waals surface area contributed by atoms with Crippen molar-refractivity contribution in [3.05, 3.63) is 34.4 Å². The number of hydrogen-bond donors (Lipinski definition) is 2. The molecule has 2 unspecified atom stereocenters. The van der Waals surface area contributed by atoms with Crippen LogP contribution in [0.5, 0.6) is 11.5 Å². The summed E-state index contributed by atoms with van der Waals surface area (Å²) in [6.45, 7) is 11.9. The van der Waals surface area contributed by atoms with E-state index in [4.69, 9.17) is 19.9 Å². The first-order valence-corrected chi connectivity index (χ1v) is 21.1. The van der Waals surface area contributed by atoms with E-state index in [0.717, 1.165) is 5.75 Å². The van der Waals surface area contributed by atoms with Gasteiger partial charge in [0.2, 0.25) is 0 Å². The summed E-state index contributed by atoms with van der Waals surface area (Å²) in [5.41, 5.74) is 5.96. The van der Waals surface area contributed by atoms with Crippen LogP contribution in [0.2, 0.25) is 13.3 Å². The van der Waals surface area contributed by atoms with Gasteiger partial charge in [0.05, 0.1) is 0 Å². The molecule has 3 N–H and O–H groups in total. The van der Waals surface area contributed by atoms with Crippen LogP contribution in [-0.4, -0.2) is 55.6 Å². The molecule has 0 aromatic heterocycles. The Kier molecular flexibility index (Phi) is 17.0. The molecule has 0 saturated carbocycles. The molecule has 0 aliphatic rings. The Balaban J connectivity index is 2.45. The summed E-state index contributed by atoms with van der Waals surface area (Å²) in [5, 5.41) is 10.1. The average Bonchev–Trinajstić information content (AvgIpc) is 2.85. The molecule has 34 heavy (non-hydrogen) atoms. The average molecular weight is 584 g/mol. The van der Waals surface area contributed by atoms with Crippen molar-refractivity contribution in [2.75, 3.05) is 20.0 Å². The molecule has 2 atom stereocenters. The van der Waals surface area contributed by atoms with Crippen LogP contribution in [0, 0.1) is 5.92 Å². The topological polar surface area (TPSA) is 73.9 Å². The third-order valence-corrected chi connectivity index (χ3v) is 20.8. The van der Waals surface area contributed by atoms with Gasteiger partial charge in [0.1, 0.15) is 6.10 Å². The molecule has 196 valence electrons. The molecule has 0 radical (unpaired) electrons. The van der Waals surface area contributed by atoms with E-state index >= 15 is 0 Å². The Morgan fingerprint density at radius 1 is 0.882 bits per heavy atom. The van der Waals surface area contributed by atoms with Crippen molar-refractivity contribution in [3.8, 4) is 11.5 Å². The Morgan fingerprint density at radius 3 is 1.85 bits per heavy atom. The SMILES string of the molecule is CCC[CH2][Sn]([CH]=CCOCOc1ccc(OCC(O)C(N)C(C)C)cc1)([CH2]CCC)[CH2]CCC. The van der Waals surface area contributed by atoms with Crippen molar-refractivity contribution in [1.82, 2.24) is 0 Å². The van der Waals surface area contributed by atoms with Crippen molar-refractivity contribution in [2.45, 2.75) is 98.6 Å². The molecule has 0 aliphatic heterocycles. The molecular weight excluding hydrogens is 533 g/mol. The first-order valence-electron chi connectivity index (χ1n) is 13.4. The van der Waals surface area contributed by atoms with E-state index < -0.39 is 24.5 Å². The summed E-state index contributed by atoms with van der Waals surface area (Å²) in [5.74, 6) is 1.62. The molecule has 1 aromatic rings. The van der Waals surface area contributed by atoms with Crippen LogP contribution >= 0.6 is 0 Å². The van der Waals surface area contributed by atoms with Gasteiger partial charge < -0.3 is 10.8 Å². The fourth-order valence-corrected chi connectivity index (χ4v) is 18.4. The van der Waals surface area contributed by atoms with Gasteiger partial charge in [-0.2, -0.15) is 0 Å². The van der Waals surface area contributed by atoms with Crippen LogP contribution in [0.3, 0.4) is 0 Å². The first-order chi connectivity index (χ1) is 16.4. The Labute approximate surface area is 213 Å². The molecule has 0 amide bonds. The van der Waals surface area contributed by atoms with E-state index in [9.17, 15) is 5.11 Å². The maximum absolute atomic E-state index is 10.1. The molecule has 1 rings (SSSR count). The molecule has 1 aromatic carbocycles. The Bertz CT molecular complexity index is 629. The van der Waals surface area contributed by atoms with Crippen molar-refractivity contribution >= 4 is 18.4 Å². The predicted octanol–water partition coefficient (Wildman–Crippen LogP) is 6.71. The van der Waals surface area contributed by atoms with Crippen LogP contribution in [0.4, 0.5) is 0 Å². The van der Waals surface area contributed by atoms with Gasteiger partial charge in [-0.15, -0.1) is 0 Å². The minimum atomic E-state index is -2.22. The zero-order chi connectivity index (χ0) is 25.2. The number of nitrogens with two attached hydrogens (primary N) is 1. The number of aliphatic hydroxyl groups excluding tert-OH is 1. The van der Waals surface area contributed by atoms with Crippen molar-refractivity contribution < 1.29 is 19.3 Å².